The second-order valence-corrected chi connectivity index (χ2v) is 5.23. The monoisotopic (exact) mass is 341 g/mol. The van der Waals surface area contributed by atoms with E-state index in [9.17, 15) is 10.1 Å². The lowest BCUT2D eigenvalue weighted by atomic mass is 10.2. The van der Waals surface area contributed by atoms with Crippen molar-refractivity contribution in [2.75, 3.05) is 0 Å². The minimum absolute atomic E-state index is 0.119. The van der Waals surface area contributed by atoms with E-state index in [2.05, 4.69) is 15.9 Å². The van der Waals surface area contributed by atoms with Crippen molar-refractivity contribution >= 4 is 33.2 Å². The molecule has 0 amide bonds. The molecular weight excluding hydrogens is 334 g/mol. The molecule has 2 aromatic rings. The fourth-order valence-electron chi connectivity index (χ4n) is 1.57. The van der Waals surface area contributed by atoms with Gasteiger partial charge in [-0.1, -0.05) is 27.5 Å². The highest BCUT2D eigenvalue weighted by Crippen LogP contribution is 2.35. The highest BCUT2D eigenvalue weighted by molar-refractivity contribution is 9.10. The molecule has 0 aliphatic heterocycles. The molecule has 98 valence electrons. The summed E-state index contributed by atoms with van der Waals surface area (Å²) in [5.41, 5.74) is 0.746. The van der Waals surface area contributed by atoms with E-state index < -0.39 is 4.92 Å². The van der Waals surface area contributed by atoms with E-state index in [1.807, 2.05) is 13.0 Å². The van der Waals surface area contributed by atoms with E-state index in [-0.39, 0.29) is 11.4 Å². The number of ether oxygens (including phenoxy) is 1. The van der Waals surface area contributed by atoms with Crippen molar-refractivity contribution in [3.8, 4) is 11.5 Å². The third-order valence-corrected chi connectivity index (χ3v) is 3.20. The highest BCUT2D eigenvalue weighted by atomic mass is 79.9. The Labute approximate surface area is 123 Å². The maximum Gasteiger partial charge on any atom is 0.311 e. The van der Waals surface area contributed by atoms with Gasteiger partial charge in [-0.3, -0.25) is 10.1 Å². The molecule has 2 rings (SSSR count). The predicted octanol–water partition coefficient (Wildman–Crippen LogP) is 5.11. The van der Waals surface area contributed by atoms with Gasteiger partial charge in [-0.2, -0.15) is 0 Å². The number of nitro groups is 1. The van der Waals surface area contributed by atoms with Crippen LogP contribution in [-0.2, 0) is 0 Å². The Hall–Kier alpha value is -1.59. The molecule has 4 nitrogen and oxygen atoms in total. The minimum atomic E-state index is -0.500. The van der Waals surface area contributed by atoms with Crippen LogP contribution in [0.3, 0.4) is 0 Å². The van der Waals surface area contributed by atoms with E-state index in [0.29, 0.717) is 10.8 Å². The fraction of sp³-hybridized carbons (Fsp3) is 0.0769. The standard InChI is InChI=1S/C13H9BrClNO3/c1-8-6-9(14)2-5-12(8)19-13-7-10(15)3-4-11(13)16(17)18/h2-7H,1H3. The van der Waals surface area contributed by atoms with Gasteiger partial charge in [0, 0.05) is 21.6 Å². The average Bonchev–Trinajstić information content (AvgIpc) is 2.32. The molecule has 0 radical (unpaired) electrons. The summed E-state index contributed by atoms with van der Waals surface area (Å²) < 4.78 is 6.51. The summed E-state index contributed by atoms with van der Waals surface area (Å²) >= 11 is 9.19. The molecule has 0 fully saturated rings. The molecule has 0 bridgehead atoms. The molecular formula is C13H9BrClNO3. The quantitative estimate of drug-likeness (QED) is 0.575. The zero-order valence-electron chi connectivity index (χ0n) is 9.89. The van der Waals surface area contributed by atoms with Crippen LogP contribution in [0.15, 0.2) is 40.9 Å². The maximum absolute atomic E-state index is 10.9. The summed E-state index contributed by atoms with van der Waals surface area (Å²) in [6.07, 6.45) is 0. The van der Waals surface area contributed by atoms with Crippen LogP contribution in [0.5, 0.6) is 11.5 Å². The molecule has 0 aliphatic rings. The summed E-state index contributed by atoms with van der Waals surface area (Å²) in [7, 11) is 0. The SMILES string of the molecule is Cc1cc(Br)ccc1Oc1cc(Cl)ccc1[N+](=O)[O-]. The molecule has 0 saturated heterocycles. The predicted molar refractivity (Wildman–Crippen MR) is 77.1 cm³/mol. The third-order valence-electron chi connectivity index (χ3n) is 2.48. The Morgan fingerprint density at radius 1 is 1.21 bits per heavy atom. The number of hydrogen-bond acceptors (Lipinski definition) is 3. The van der Waals surface area contributed by atoms with Gasteiger partial charge in [0.15, 0.2) is 0 Å². The van der Waals surface area contributed by atoms with Crippen molar-refractivity contribution in [1.29, 1.82) is 0 Å². The molecule has 0 N–H and O–H groups in total. The smallest absolute Gasteiger partial charge is 0.311 e. The first-order valence-electron chi connectivity index (χ1n) is 5.35. The number of benzene rings is 2. The molecule has 0 aromatic heterocycles. The Kier molecular flexibility index (Phi) is 4.07. The summed E-state index contributed by atoms with van der Waals surface area (Å²) in [6.45, 7) is 1.86. The fourth-order valence-corrected chi connectivity index (χ4v) is 2.20. The molecule has 19 heavy (non-hydrogen) atoms. The van der Waals surface area contributed by atoms with E-state index in [4.69, 9.17) is 16.3 Å². The zero-order chi connectivity index (χ0) is 14.0. The van der Waals surface area contributed by atoms with Gasteiger partial charge in [-0.05, 0) is 36.8 Å². The van der Waals surface area contributed by atoms with E-state index in [1.165, 1.54) is 18.2 Å². The first kappa shape index (κ1) is 13.8. The van der Waals surface area contributed by atoms with E-state index in [0.717, 1.165) is 10.0 Å². The molecule has 2 aromatic carbocycles. The van der Waals surface area contributed by atoms with Crippen LogP contribution in [0.1, 0.15) is 5.56 Å². The van der Waals surface area contributed by atoms with Gasteiger partial charge in [0.05, 0.1) is 4.92 Å². The third kappa shape index (κ3) is 3.24. The minimum Gasteiger partial charge on any atom is -0.450 e. The highest BCUT2D eigenvalue weighted by Gasteiger charge is 2.16. The number of hydrogen-bond donors (Lipinski definition) is 0. The first-order valence-corrected chi connectivity index (χ1v) is 6.52. The Morgan fingerprint density at radius 2 is 1.95 bits per heavy atom. The van der Waals surface area contributed by atoms with Crippen LogP contribution in [0.4, 0.5) is 5.69 Å². The maximum atomic E-state index is 10.9. The van der Waals surface area contributed by atoms with Crippen LogP contribution >= 0.6 is 27.5 Å². The normalized spacial score (nSPS) is 10.3. The molecule has 0 atom stereocenters. The van der Waals surface area contributed by atoms with E-state index >= 15 is 0 Å². The summed E-state index contributed by atoms with van der Waals surface area (Å²) in [5, 5.41) is 11.3. The summed E-state index contributed by atoms with van der Waals surface area (Å²) in [6, 6.07) is 9.63. The van der Waals surface area contributed by atoms with Crippen molar-refractivity contribution in [1.82, 2.24) is 0 Å². The Morgan fingerprint density at radius 3 is 2.58 bits per heavy atom. The van der Waals surface area contributed by atoms with Gasteiger partial charge in [-0.15, -0.1) is 0 Å². The lowest BCUT2D eigenvalue weighted by Gasteiger charge is -2.09. The van der Waals surface area contributed by atoms with Gasteiger partial charge < -0.3 is 4.74 Å². The van der Waals surface area contributed by atoms with Crippen molar-refractivity contribution in [2.45, 2.75) is 6.92 Å². The Balaban J connectivity index is 2.42. The van der Waals surface area contributed by atoms with Crippen LogP contribution < -0.4 is 4.74 Å². The van der Waals surface area contributed by atoms with Gasteiger partial charge >= 0.3 is 5.69 Å². The topological polar surface area (TPSA) is 52.4 Å². The zero-order valence-corrected chi connectivity index (χ0v) is 12.2. The number of nitro benzene ring substituents is 1. The lowest BCUT2D eigenvalue weighted by molar-refractivity contribution is -0.385. The second kappa shape index (κ2) is 5.59. The van der Waals surface area contributed by atoms with E-state index in [1.54, 1.807) is 12.1 Å². The van der Waals surface area contributed by atoms with Gasteiger partial charge in [0.2, 0.25) is 5.75 Å². The second-order valence-electron chi connectivity index (χ2n) is 3.88. The lowest BCUT2D eigenvalue weighted by Crippen LogP contribution is -1.94. The molecule has 0 heterocycles. The number of aryl methyl sites for hydroxylation is 1. The van der Waals surface area contributed by atoms with Crippen LogP contribution in [-0.4, -0.2) is 4.92 Å². The number of nitrogens with zero attached hydrogens (tertiary/aromatic N) is 1. The van der Waals surface area contributed by atoms with Gasteiger partial charge in [0.1, 0.15) is 5.75 Å². The largest absolute Gasteiger partial charge is 0.450 e. The van der Waals surface area contributed by atoms with Crippen molar-refractivity contribution < 1.29 is 9.66 Å². The summed E-state index contributed by atoms with van der Waals surface area (Å²) in [4.78, 5) is 10.4. The van der Waals surface area contributed by atoms with Crippen molar-refractivity contribution in [3.63, 3.8) is 0 Å². The molecule has 0 unspecified atom stereocenters. The van der Waals surface area contributed by atoms with Crippen LogP contribution in [0.2, 0.25) is 5.02 Å². The number of rotatable bonds is 3. The molecule has 6 heteroatoms. The van der Waals surface area contributed by atoms with Crippen LogP contribution in [0.25, 0.3) is 0 Å². The summed E-state index contributed by atoms with van der Waals surface area (Å²) in [5.74, 6) is 0.677. The number of halogens is 2. The Bertz CT molecular complexity index is 646. The molecule has 0 spiro atoms. The molecule has 0 saturated carbocycles. The first-order chi connectivity index (χ1) is 8.97. The molecule has 0 aliphatic carbocycles. The van der Waals surface area contributed by atoms with Gasteiger partial charge in [-0.25, -0.2) is 0 Å². The van der Waals surface area contributed by atoms with Crippen molar-refractivity contribution in [2.24, 2.45) is 0 Å². The average molecular weight is 343 g/mol. The van der Waals surface area contributed by atoms with Crippen LogP contribution in [0, 0.1) is 17.0 Å². The van der Waals surface area contributed by atoms with Crippen molar-refractivity contribution in [3.05, 3.63) is 61.6 Å². The van der Waals surface area contributed by atoms with Gasteiger partial charge in [0.25, 0.3) is 0 Å².